The first kappa shape index (κ1) is 11.1. The van der Waals surface area contributed by atoms with Crippen molar-refractivity contribution in [3.63, 3.8) is 0 Å². The van der Waals surface area contributed by atoms with Crippen molar-refractivity contribution in [1.29, 1.82) is 0 Å². The number of rotatable bonds is 4. The molecule has 0 radical (unpaired) electrons. The lowest BCUT2D eigenvalue weighted by Gasteiger charge is -2.19. The van der Waals surface area contributed by atoms with E-state index in [0.29, 0.717) is 18.3 Å². The molecule has 0 unspecified atom stereocenters. The van der Waals surface area contributed by atoms with E-state index >= 15 is 0 Å². The molecule has 1 fully saturated rings. The van der Waals surface area contributed by atoms with Gasteiger partial charge in [0.2, 0.25) is 0 Å². The Kier molecular flexibility index (Phi) is 2.70. The highest BCUT2D eigenvalue weighted by Gasteiger charge is 2.34. The molecule has 0 N–H and O–H groups in total. The van der Waals surface area contributed by atoms with Crippen molar-refractivity contribution in [3.8, 4) is 0 Å². The molecule has 18 heavy (non-hydrogen) atoms. The molecule has 1 saturated carbocycles. The van der Waals surface area contributed by atoms with E-state index in [-0.39, 0.29) is 5.91 Å². The van der Waals surface area contributed by atoms with Gasteiger partial charge in [-0.15, -0.1) is 0 Å². The van der Waals surface area contributed by atoms with Crippen molar-refractivity contribution in [3.05, 3.63) is 47.8 Å². The molecule has 4 heteroatoms. The molecule has 4 nitrogen and oxygen atoms in total. The third-order valence-electron chi connectivity index (χ3n) is 3.10. The molecule has 0 spiro atoms. The largest absolute Gasteiger partial charge is 0.464 e. The first-order valence-corrected chi connectivity index (χ1v) is 6.14. The van der Waals surface area contributed by atoms with Gasteiger partial charge >= 0.3 is 0 Å². The number of hydrogen-bond donors (Lipinski definition) is 0. The summed E-state index contributed by atoms with van der Waals surface area (Å²) in [6.07, 6.45) is 3.65. The SMILES string of the molecule is Cc1ccc(CN(C(=O)c2ccco2)C2CC2)o1. The van der Waals surface area contributed by atoms with Gasteiger partial charge in [-0.25, -0.2) is 0 Å². The molecule has 1 amide bonds. The van der Waals surface area contributed by atoms with Gasteiger partial charge in [0.1, 0.15) is 11.5 Å². The zero-order valence-electron chi connectivity index (χ0n) is 10.3. The maximum Gasteiger partial charge on any atom is 0.290 e. The first-order valence-electron chi connectivity index (χ1n) is 6.14. The van der Waals surface area contributed by atoms with Crippen LogP contribution in [0.4, 0.5) is 0 Å². The third kappa shape index (κ3) is 2.18. The van der Waals surface area contributed by atoms with E-state index in [9.17, 15) is 4.79 Å². The number of aryl methyl sites for hydroxylation is 1. The first-order chi connectivity index (χ1) is 8.74. The molecule has 94 valence electrons. The van der Waals surface area contributed by atoms with Gasteiger partial charge in [-0.2, -0.15) is 0 Å². The van der Waals surface area contributed by atoms with E-state index in [4.69, 9.17) is 8.83 Å². The van der Waals surface area contributed by atoms with Crippen LogP contribution in [0.25, 0.3) is 0 Å². The molecule has 0 atom stereocenters. The minimum Gasteiger partial charge on any atom is -0.464 e. The van der Waals surface area contributed by atoms with Crippen LogP contribution < -0.4 is 0 Å². The Bertz CT molecular complexity index is 537. The second-order valence-electron chi connectivity index (χ2n) is 4.65. The van der Waals surface area contributed by atoms with Crippen molar-refractivity contribution in [2.75, 3.05) is 0 Å². The number of carbonyl (C=O) groups is 1. The van der Waals surface area contributed by atoms with E-state index in [0.717, 1.165) is 24.4 Å². The van der Waals surface area contributed by atoms with Crippen molar-refractivity contribution >= 4 is 5.91 Å². The fourth-order valence-corrected chi connectivity index (χ4v) is 2.03. The van der Waals surface area contributed by atoms with Crippen LogP contribution in [-0.4, -0.2) is 16.8 Å². The minimum absolute atomic E-state index is 0.0587. The Labute approximate surface area is 105 Å². The Morgan fingerprint density at radius 1 is 1.39 bits per heavy atom. The van der Waals surface area contributed by atoms with Crippen LogP contribution in [0, 0.1) is 6.92 Å². The Morgan fingerprint density at radius 3 is 2.78 bits per heavy atom. The standard InChI is InChI=1S/C14H15NO3/c1-10-4-7-12(18-10)9-15(11-5-6-11)14(16)13-3-2-8-17-13/h2-4,7-8,11H,5-6,9H2,1H3. The van der Waals surface area contributed by atoms with Gasteiger partial charge in [0.15, 0.2) is 5.76 Å². The minimum atomic E-state index is -0.0587. The summed E-state index contributed by atoms with van der Waals surface area (Å²) in [6.45, 7) is 2.41. The zero-order chi connectivity index (χ0) is 12.5. The van der Waals surface area contributed by atoms with Crippen molar-refractivity contribution < 1.29 is 13.6 Å². The van der Waals surface area contributed by atoms with Crippen LogP contribution in [0.1, 0.15) is 34.9 Å². The molecule has 1 aliphatic carbocycles. The molecule has 0 aliphatic heterocycles. The average molecular weight is 245 g/mol. The summed E-state index contributed by atoms with van der Waals surface area (Å²) in [5.41, 5.74) is 0. The third-order valence-corrected chi connectivity index (χ3v) is 3.10. The number of amides is 1. The van der Waals surface area contributed by atoms with E-state index in [1.165, 1.54) is 6.26 Å². The monoisotopic (exact) mass is 245 g/mol. The zero-order valence-corrected chi connectivity index (χ0v) is 10.3. The van der Waals surface area contributed by atoms with Crippen LogP contribution in [0.15, 0.2) is 39.4 Å². The van der Waals surface area contributed by atoms with Crippen molar-refractivity contribution in [1.82, 2.24) is 4.90 Å². The molecule has 0 bridgehead atoms. The maximum absolute atomic E-state index is 12.3. The van der Waals surface area contributed by atoms with Crippen LogP contribution in [0.3, 0.4) is 0 Å². The Hall–Kier alpha value is -1.97. The number of nitrogens with zero attached hydrogens (tertiary/aromatic N) is 1. The molecular weight excluding hydrogens is 230 g/mol. The second kappa shape index (κ2) is 4.37. The van der Waals surface area contributed by atoms with Crippen molar-refractivity contribution in [2.24, 2.45) is 0 Å². The van der Waals surface area contributed by atoms with Gasteiger partial charge in [0.25, 0.3) is 5.91 Å². The topological polar surface area (TPSA) is 46.6 Å². The highest BCUT2D eigenvalue weighted by Crippen LogP contribution is 2.30. The molecule has 2 heterocycles. The maximum atomic E-state index is 12.3. The second-order valence-corrected chi connectivity index (χ2v) is 4.65. The highest BCUT2D eigenvalue weighted by molar-refractivity contribution is 5.91. The van der Waals surface area contributed by atoms with Gasteiger partial charge < -0.3 is 13.7 Å². The summed E-state index contributed by atoms with van der Waals surface area (Å²) in [5, 5.41) is 0. The van der Waals surface area contributed by atoms with E-state index in [2.05, 4.69) is 0 Å². The summed E-state index contributed by atoms with van der Waals surface area (Å²) in [5.74, 6) is 2.02. The van der Waals surface area contributed by atoms with Gasteiger partial charge in [-0.1, -0.05) is 0 Å². The van der Waals surface area contributed by atoms with Crippen molar-refractivity contribution in [2.45, 2.75) is 32.4 Å². The predicted octanol–water partition coefficient (Wildman–Crippen LogP) is 2.99. The summed E-state index contributed by atoms with van der Waals surface area (Å²) in [4.78, 5) is 14.1. The molecule has 0 aromatic carbocycles. The van der Waals surface area contributed by atoms with Gasteiger partial charge in [-0.05, 0) is 44.0 Å². The fourth-order valence-electron chi connectivity index (χ4n) is 2.03. The smallest absolute Gasteiger partial charge is 0.290 e. The van der Waals surface area contributed by atoms with Crippen LogP contribution in [-0.2, 0) is 6.54 Å². The molecule has 0 saturated heterocycles. The normalized spacial score (nSPS) is 14.7. The molecule has 2 aromatic heterocycles. The number of carbonyl (C=O) groups excluding carboxylic acids is 1. The molecule has 3 rings (SSSR count). The van der Waals surface area contributed by atoms with Crippen LogP contribution in [0.2, 0.25) is 0 Å². The fraction of sp³-hybridized carbons (Fsp3) is 0.357. The summed E-state index contributed by atoms with van der Waals surface area (Å²) in [6, 6.07) is 7.59. The molecule has 1 aliphatic rings. The average Bonchev–Trinajstić information content (AvgIpc) is 2.89. The van der Waals surface area contributed by atoms with E-state index < -0.39 is 0 Å². The number of hydrogen-bond acceptors (Lipinski definition) is 3. The van der Waals surface area contributed by atoms with E-state index in [1.54, 1.807) is 12.1 Å². The lowest BCUT2D eigenvalue weighted by atomic mass is 10.3. The van der Waals surface area contributed by atoms with Crippen LogP contribution >= 0.6 is 0 Å². The summed E-state index contributed by atoms with van der Waals surface area (Å²) >= 11 is 0. The summed E-state index contributed by atoms with van der Waals surface area (Å²) in [7, 11) is 0. The number of furan rings is 2. The Balaban J connectivity index is 1.78. The lowest BCUT2D eigenvalue weighted by molar-refractivity contribution is 0.0684. The van der Waals surface area contributed by atoms with E-state index in [1.807, 2.05) is 24.0 Å². The van der Waals surface area contributed by atoms with Gasteiger partial charge in [0, 0.05) is 6.04 Å². The molecular formula is C14H15NO3. The lowest BCUT2D eigenvalue weighted by Crippen LogP contribution is -2.32. The van der Waals surface area contributed by atoms with Gasteiger partial charge in [0.05, 0.1) is 12.8 Å². The van der Waals surface area contributed by atoms with Crippen LogP contribution in [0.5, 0.6) is 0 Å². The highest BCUT2D eigenvalue weighted by atomic mass is 16.3. The molecule has 2 aromatic rings. The predicted molar refractivity (Wildman–Crippen MR) is 65.0 cm³/mol. The summed E-state index contributed by atoms with van der Waals surface area (Å²) < 4.78 is 10.7. The Morgan fingerprint density at radius 2 is 2.22 bits per heavy atom. The quantitative estimate of drug-likeness (QED) is 0.831. The van der Waals surface area contributed by atoms with Gasteiger partial charge in [-0.3, -0.25) is 4.79 Å².